The van der Waals surface area contributed by atoms with E-state index in [4.69, 9.17) is 0 Å². The number of nitrogens with one attached hydrogen (secondary N) is 1. The highest BCUT2D eigenvalue weighted by molar-refractivity contribution is 5.82. The topological polar surface area (TPSA) is 81.5 Å². The molecule has 0 saturated carbocycles. The second-order valence-electron chi connectivity index (χ2n) is 4.08. The van der Waals surface area contributed by atoms with Crippen molar-refractivity contribution < 1.29 is 10.3 Å². The normalized spacial score (nSPS) is 13.7. The lowest BCUT2D eigenvalue weighted by Crippen LogP contribution is -2.25. The summed E-state index contributed by atoms with van der Waals surface area (Å²) in [6.07, 6.45) is 2.84. The zero-order chi connectivity index (χ0) is 13.2. The fourth-order valence-corrected chi connectivity index (χ4v) is 1.92. The quantitative estimate of drug-likeness (QED) is 0.765. The number of aromatic nitrogens is 2. The molecule has 0 atom stereocenters. The van der Waals surface area contributed by atoms with Gasteiger partial charge in [-0.05, 0) is 18.2 Å². The molecule has 3 N–H and O–H groups in total. The van der Waals surface area contributed by atoms with Gasteiger partial charge in [0.1, 0.15) is 23.5 Å². The Morgan fingerprint density at radius 3 is 2.74 bits per heavy atom. The van der Waals surface area contributed by atoms with Crippen molar-refractivity contribution >= 4 is 23.1 Å². The number of benzene rings is 1. The summed E-state index contributed by atoms with van der Waals surface area (Å²) in [4.78, 5) is 8.09. The monoisotopic (exact) mass is 256 g/mol. The van der Waals surface area contributed by atoms with E-state index in [9.17, 15) is 10.3 Å². The van der Waals surface area contributed by atoms with Crippen LogP contribution in [-0.4, -0.2) is 26.8 Å². The Bertz CT molecular complexity index is 628. The van der Waals surface area contributed by atoms with Gasteiger partial charge in [-0.1, -0.05) is 18.2 Å². The molecule has 1 aromatic carbocycles. The van der Waals surface area contributed by atoms with Crippen LogP contribution in [0.5, 0.6) is 0 Å². The van der Waals surface area contributed by atoms with Gasteiger partial charge in [0.25, 0.3) is 0 Å². The predicted octanol–water partition coefficient (Wildman–Crippen LogP) is 2.33. The molecule has 0 radical (unpaired) electrons. The van der Waals surface area contributed by atoms with Gasteiger partial charge in [-0.15, -0.1) is 0 Å². The van der Waals surface area contributed by atoms with Crippen molar-refractivity contribution in [1.82, 2.24) is 9.97 Å². The van der Waals surface area contributed by atoms with Gasteiger partial charge < -0.3 is 10.4 Å². The molecule has 19 heavy (non-hydrogen) atoms. The van der Waals surface area contributed by atoms with E-state index in [-0.39, 0.29) is 18.1 Å². The maximum Gasteiger partial charge on any atom is 0.169 e. The van der Waals surface area contributed by atoms with Crippen LogP contribution in [0.4, 0.5) is 17.3 Å². The van der Waals surface area contributed by atoms with E-state index in [1.807, 2.05) is 30.3 Å². The van der Waals surface area contributed by atoms with Gasteiger partial charge >= 0.3 is 0 Å². The lowest BCUT2D eigenvalue weighted by atomic mass is 10.1. The summed E-state index contributed by atoms with van der Waals surface area (Å²) in [6.45, 7) is 0.195. The second-order valence-corrected chi connectivity index (χ2v) is 4.08. The molecule has 0 amide bonds. The minimum Gasteiger partial charge on any atom is -0.507 e. The van der Waals surface area contributed by atoms with Gasteiger partial charge in [-0.3, -0.25) is 5.21 Å². The Morgan fingerprint density at radius 1 is 1.16 bits per heavy atom. The van der Waals surface area contributed by atoms with Crippen LogP contribution in [0, 0.1) is 0 Å². The number of hydrogen-bond acceptors (Lipinski definition) is 6. The van der Waals surface area contributed by atoms with Crippen molar-refractivity contribution in [1.29, 1.82) is 0 Å². The summed E-state index contributed by atoms with van der Waals surface area (Å²) in [6, 6.07) is 9.46. The summed E-state index contributed by atoms with van der Waals surface area (Å²) in [5.74, 6) is 0.788. The van der Waals surface area contributed by atoms with Gasteiger partial charge in [0.05, 0.1) is 6.54 Å². The van der Waals surface area contributed by atoms with Gasteiger partial charge in [-0.2, -0.15) is 0 Å². The first-order valence-electron chi connectivity index (χ1n) is 5.78. The highest BCUT2D eigenvalue weighted by Gasteiger charge is 2.23. The van der Waals surface area contributed by atoms with Crippen LogP contribution in [0.2, 0.25) is 0 Å². The summed E-state index contributed by atoms with van der Waals surface area (Å²) < 4.78 is 0. The standard InChI is InChI=1S/C13H12N4O2/c18-10-6-7-17(19)13-11(10)12(14-8-15-13)16-9-4-2-1-3-5-9/h1-6,8,18-19H,7H2,(H,14,15,16). The number of fused-ring (bicyclic) bond motifs is 1. The fraction of sp³-hybridized carbons (Fsp3) is 0.0769. The number of hydrogen-bond donors (Lipinski definition) is 3. The van der Waals surface area contributed by atoms with Crippen LogP contribution in [0.15, 0.2) is 42.7 Å². The minimum atomic E-state index is 0.0549. The third kappa shape index (κ3) is 2.09. The lowest BCUT2D eigenvalue weighted by Gasteiger charge is -2.23. The van der Waals surface area contributed by atoms with E-state index < -0.39 is 0 Å². The van der Waals surface area contributed by atoms with Crippen molar-refractivity contribution in [3.05, 3.63) is 48.3 Å². The Hall–Kier alpha value is -2.60. The molecule has 1 aliphatic heterocycles. The molecule has 0 saturated heterocycles. The molecule has 0 spiro atoms. The van der Waals surface area contributed by atoms with E-state index in [1.54, 1.807) is 0 Å². The first kappa shape index (κ1) is 11.5. The Labute approximate surface area is 109 Å². The minimum absolute atomic E-state index is 0.0549. The largest absolute Gasteiger partial charge is 0.507 e. The average molecular weight is 256 g/mol. The molecule has 0 bridgehead atoms. The zero-order valence-corrected chi connectivity index (χ0v) is 9.98. The summed E-state index contributed by atoms with van der Waals surface area (Å²) in [7, 11) is 0. The maximum absolute atomic E-state index is 9.94. The van der Waals surface area contributed by atoms with Crippen LogP contribution in [0.3, 0.4) is 0 Å². The average Bonchev–Trinajstić information content (AvgIpc) is 2.44. The third-order valence-corrected chi connectivity index (χ3v) is 2.82. The molecule has 0 unspecified atom stereocenters. The van der Waals surface area contributed by atoms with Crippen molar-refractivity contribution in [2.24, 2.45) is 0 Å². The Morgan fingerprint density at radius 2 is 1.95 bits per heavy atom. The highest BCUT2D eigenvalue weighted by atomic mass is 16.5. The van der Waals surface area contributed by atoms with Gasteiger partial charge in [0.15, 0.2) is 5.82 Å². The van der Waals surface area contributed by atoms with Crippen molar-refractivity contribution in [3.63, 3.8) is 0 Å². The molecular formula is C13H12N4O2. The Balaban J connectivity index is 2.04. The first-order valence-corrected chi connectivity index (χ1v) is 5.78. The van der Waals surface area contributed by atoms with Crippen LogP contribution in [0.25, 0.3) is 5.76 Å². The number of hydroxylamine groups is 1. The molecule has 1 aromatic heterocycles. The third-order valence-electron chi connectivity index (χ3n) is 2.82. The highest BCUT2D eigenvalue weighted by Crippen LogP contribution is 2.32. The number of anilines is 3. The molecule has 96 valence electrons. The van der Waals surface area contributed by atoms with Crippen molar-refractivity contribution in [2.75, 3.05) is 16.9 Å². The summed E-state index contributed by atoms with van der Waals surface area (Å²) in [5.41, 5.74) is 1.23. The van der Waals surface area contributed by atoms with Crippen LogP contribution >= 0.6 is 0 Å². The van der Waals surface area contributed by atoms with E-state index >= 15 is 0 Å². The van der Waals surface area contributed by atoms with Crippen LogP contribution in [-0.2, 0) is 0 Å². The summed E-state index contributed by atoms with van der Waals surface area (Å²) >= 11 is 0. The molecule has 6 heteroatoms. The number of aliphatic hydroxyl groups excluding tert-OH is 1. The molecule has 1 aliphatic rings. The van der Waals surface area contributed by atoms with Crippen molar-refractivity contribution in [3.8, 4) is 0 Å². The molecule has 3 rings (SSSR count). The predicted molar refractivity (Wildman–Crippen MR) is 71.5 cm³/mol. The molecule has 2 heterocycles. The molecule has 0 fully saturated rings. The van der Waals surface area contributed by atoms with E-state index in [1.165, 1.54) is 12.4 Å². The zero-order valence-electron chi connectivity index (χ0n) is 9.98. The summed E-state index contributed by atoms with van der Waals surface area (Å²) in [5, 5.41) is 23.7. The Kier molecular flexibility index (Phi) is 2.77. The van der Waals surface area contributed by atoms with Gasteiger partial charge in [0, 0.05) is 5.69 Å². The van der Waals surface area contributed by atoms with E-state index in [0.29, 0.717) is 11.4 Å². The number of rotatable bonds is 2. The van der Waals surface area contributed by atoms with Gasteiger partial charge in [0.2, 0.25) is 0 Å². The molecule has 2 aromatic rings. The van der Waals surface area contributed by atoms with Gasteiger partial charge in [-0.25, -0.2) is 15.0 Å². The van der Waals surface area contributed by atoms with Crippen LogP contribution < -0.4 is 10.4 Å². The lowest BCUT2D eigenvalue weighted by molar-refractivity contribution is 0.259. The fourth-order valence-electron chi connectivity index (χ4n) is 1.92. The molecule has 6 nitrogen and oxygen atoms in total. The molecule has 0 aliphatic carbocycles. The number of aliphatic hydroxyl groups is 1. The smallest absolute Gasteiger partial charge is 0.169 e. The SMILES string of the molecule is OC1=CCN(O)c2ncnc(Nc3ccccc3)c21. The first-order chi connectivity index (χ1) is 9.25. The molecular weight excluding hydrogens is 244 g/mol. The number of nitrogens with zero attached hydrogens (tertiary/aromatic N) is 3. The number of para-hydroxylation sites is 1. The van der Waals surface area contributed by atoms with E-state index in [0.717, 1.165) is 10.8 Å². The van der Waals surface area contributed by atoms with Crippen molar-refractivity contribution in [2.45, 2.75) is 0 Å². The second kappa shape index (κ2) is 4.58. The van der Waals surface area contributed by atoms with E-state index in [2.05, 4.69) is 15.3 Å². The maximum atomic E-state index is 9.94. The van der Waals surface area contributed by atoms with Crippen LogP contribution in [0.1, 0.15) is 5.56 Å².